The van der Waals surface area contributed by atoms with Crippen LogP contribution in [-0.4, -0.2) is 25.5 Å². The number of aryl methyl sites for hydroxylation is 1. The molecule has 0 fully saturated rings. The molecule has 0 radical (unpaired) electrons. The average Bonchev–Trinajstić information content (AvgIpc) is 2.39. The van der Waals surface area contributed by atoms with E-state index in [0.29, 0.717) is 6.04 Å². The molecule has 0 aliphatic heterocycles. The van der Waals surface area contributed by atoms with Crippen LogP contribution in [0, 0.1) is 5.92 Å². The lowest BCUT2D eigenvalue weighted by atomic mass is 9.88. The third-order valence-electron chi connectivity index (χ3n) is 3.65. The molecule has 98 valence electrons. The molecule has 3 heteroatoms. The normalized spacial score (nSPS) is 20.0. The van der Waals surface area contributed by atoms with Gasteiger partial charge in [-0.25, -0.2) is 0 Å². The number of fused-ring (bicyclic) bond motifs is 1. The molecule has 1 aliphatic carbocycles. The van der Waals surface area contributed by atoms with Crippen molar-refractivity contribution in [3.8, 4) is 0 Å². The van der Waals surface area contributed by atoms with Crippen molar-refractivity contribution in [2.45, 2.75) is 32.2 Å². The SMILES string of the molecule is CNCC(C)C(=O)NC1CCc2ccccc2C1. The number of carbonyl (C=O) groups excluding carboxylic acids is 1. The number of hydrogen-bond acceptors (Lipinski definition) is 2. The van der Waals surface area contributed by atoms with E-state index in [2.05, 4.69) is 34.9 Å². The summed E-state index contributed by atoms with van der Waals surface area (Å²) in [5, 5.41) is 6.21. The summed E-state index contributed by atoms with van der Waals surface area (Å²) in [5.41, 5.74) is 2.82. The van der Waals surface area contributed by atoms with Gasteiger partial charge in [0.05, 0.1) is 0 Å². The second-order valence-electron chi connectivity index (χ2n) is 5.18. The molecule has 2 N–H and O–H groups in total. The van der Waals surface area contributed by atoms with Gasteiger partial charge in [0, 0.05) is 18.5 Å². The van der Waals surface area contributed by atoms with Gasteiger partial charge in [-0.05, 0) is 37.4 Å². The lowest BCUT2D eigenvalue weighted by Gasteiger charge is -2.26. The van der Waals surface area contributed by atoms with Crippen molar-refractivity contribution in [3.63, 3.8) is 0 Å². The topological polar surface area (TPSA) is 41.1 Å². The first-order chi connectivity index (χ1) is 8.70. The Morgan fingerprint density at radius 3 is 2.83 bits per heavy atom. The standard InChI is InChI=1S/C15H22N2O/c1-11(10-16-2)15(18)17-14-8-7-12-5-3-4-6-13(12)9-14/h3-6,11,14,16H,7-10H2,1-2H3,(H,17,18). The smallest absolute Gasteiger partial charge is 0.224 e. The maximum Gasteiger partial charge on any atom is 0.224 e. The van der Waals surface area contributed by atoms with E-state index in [1.54, 1.807) is 0 Å². The summed E-state index contributed by atoms with van der Waals surface area (Å²) in [5.74, 6) is 0.195. The minimum atomic E-state index is 0.0344. The van der Waals surface area contributed by atoms with E-state index in [0.717, 1.165) is 25.8 Å². The number of rotatable bonds is 4. The minimum Gasteiger partial charge on any atom is -0.353 e. The molecule has 1 amide bonds. The molecule has 18 heavy (non-hydrogen) atoms. The molecule has 0 saturated carbocycles. The van der Waals surface area contributed by atoms with Gasteiger partial charge in [0.1, 0.15) is 0 Å². The molecule has 2 unspecified atom stereocenters. The maximum atomic E-state index is 12.0. The van der Waals surface area contributed by atoms with Crippen LogP contribution in [0.3, 0.4) is 0 Å². The van der Waals surface area contributed by atoms with Crippen LogP contribution in [0.4, 0.5) is 0 Å². The van der Waals surface area contributed by atoms with E-state index < -0.39 is 0 Å². The van der Waals surface area contributed by atoms with Gasteiger partial charge in [0.15, 0.2) is 0 Å². The highest BCUT2D eigenvalue weighted by atomic mass is 16.1. The van der Waals surface area contributed by atoms with Gasteiger partial charge in [-0.1, -0.05) is 31.2 Å². The number of carbonyl (C=O) groups is 1. The van der Waals surface area contributed by atoms with Crippen molar-refractivity contribution in [2.75, 3.05) is 13.6 Å². The summed E-state index contributed by atoms with van der Waals surface area (Å²) < 4.78 is 0. The molecule has 0 heterocycles. The van der Waals surface area contributed by atoms with Gasteiger partial charge < -0.3 is 10.6 Å². The summed E-state index contributed by atoms with van der Waals surface area (Å²) in [6.07, 6.45) is 3.09. The molecular weight excluding hydrogens is 224 g/mol. The van der Waals surface area contributed by atoms with Gasteiger partial charge in [-0.3, -0.25) is 4.79 Å². The summed E-state index contributed by atoms with van der Waals surface area (Å²) in [7, 11) is 1.88. The van der Waals surface area contributed by atoms with Gasteiger partial charge in [0.2, 0.25) is 5.91 Å². The Kier molecular flexibility index (Phi) is 4.37. The highest BCUT2D eigenvalue weighted by molar-refractivity contribution is 5.78. The van der Waals surface area contributed by atoms with Gasteiger partial charge in [-0.2, -0.15) is 0 Å². The zero-order valence-corrected chi connectivity index (χ0v) is 11.2. The zero-order chi connectivity index (χ0) is 13.0. The maximum absolute atomic E-state index is 12.0. The molecule has 3 nitrogen and oxygen atoms in total. The Balaban J connectivity index is 1.92. The minimum absolute atomic E-state index is 0.0344. The molecule has 2 atom stereocenters. The third-order valence-corrected chi connectivity index (χ3v) is 3.65. The van der Waals surface area contributed by atoms with Crippen LogP contribution in [0.1, 0.15) is 24.5 Å². The molecule has 1 aliphatic rings. The van der Waals surface area contributed by atoms with E-state index in [4.69, 9.17) is 0 Å². The van der Waals surface area contributed by atoms with Crippen LogP contribution in [0.15, 0.2) is 24.3 Å². The Hall–Kier alpha value is -1.35. The van der Waals surface area contributed by atoms with E-state index in [1.807, 2.05) is 14.0 Å². The van der Waals surface area contributed by atoms with Crippen molar-refractivity contribution in [1.82, 2.24) is 10.6 Å². The van der Waals surface area contributed by atoms with Crippen molar-refractivity contribution < 1.29 is 4.79 Å². The second-order valence-corrected chi connectivity index (χ2v) is 5.18. The lowest BCUT2D eigenvalue weighted by Crippen LogP contribution is -2.43. The number of hydrogen-bond donors (Lipinski definition) is 2. The van der Waals surface area contributed by atoms with Crippen LogP contribution >= 0.6 is 0 Å². The summed E-state index contributed by atoms with van der Waals surface area (Å²) >= 11 is 0. The first-order valence-electron chi connectivity index (χ1n) is 6.72. The first-order valence-corrected chi connectivity index (χ1v) is 6.72. The van der Waals surface area contributed by atoms with Crippen LogP contribution in [-0.2, 0) is 17.6 Å². The second kappa shape index (κ2) is 6.01. The van der Waals surface area contributed by atoms with Crippen LogP contribution in [0.2, 0.25) is 0 Å². The Bertz CT molecular complexity index is 417. The first kappa shape index (κ1) is 13.1. The highest BCUT2D eigenvalue weighted by Crippen LogP contribution is 2.21. The van der Waals surface area contributed by atoms with Gasteiger partial charge >= 0.3 is 0 Å². The van der Waals surface area contributed by atoms with Crippen molar-refractivity contribution >= 4 is 5.91 Å². The van der Waals surface area contributed by atoms with Crippen molar-refractivity contribution in [3.05, 3.63) is 35.4 Å². The number of benzene rings is 1. The van der Waals surface area contributed by atoms with Crippen molar-refractivity contribution in [2.24, 2.45) is 5.92 Å². The fourth-order valence-electron chi connectivity index (χ4n) is 2.56. The molecule has 0 bridgehead atoms. The Morgan fingerprint density at radius 1 is 1.39 bits per heavy atom. The predicted octanol–water partition coefficient (Wildman–Crippen LogP) is 1.52. The quantitative estimate of drug-likeness (QED) is 0.845. The van der Waals surface area contributed by atoms with E-state index in [9.17, 15) is 4.79 Å². The molecule has 1 aromatic carbocycles. The molecular formula is C15H22N2O. The zero-order valence-electron chi connectivity index (χ0n) is 11.2. The largest absolute Gasteiger partial charge is 0.353 e. The monoisotopic (exact) mass is 246 g/mol. The van der Waals surface area contributed by atoms with Gasteiger partial charge in [0.25, 0.3) is 0 Å². The molecule has 1 aromatic rings. The van der Waals surface area contributed by atoms with E-state index in [1.165, 1.54) is 11.1 Å². The van der Waals surface area contributed by atoms with E-state index >= 15 is 0 Å². The number of nitrogens with one attached hydrogen (secondary N) is 2. The Morgan fingerprint density at radius 2 is 2.11 bits per heavy atom. The Labute approximate surface area is 109 Å². The third kappa shape index (κ3) is 3.10. The number of amides is 1. The molecule has 0 spiro atoms. The molecule has 0 aromatic heterocycles. The highest BCUT2D eigenvalue weighted by Gasteiger charge is 2.21. The predicted molar refractivity (Wildman–Crippen MR) is 73.5 cm³/mol. The average molecular weight is 246 g/mol. The van der Waals surface area contributed by atoms with Crippen LogP contribution in [0.5, 0.6) is 0 Å². The van der Waals surface area contributed by atoms with Crippen LogP contribution in [0.25, 0.3) is 0 Å². The fourth-order valence-corrected chi connectivity index (χ4v) is 2.56. The fraction of sp³-hybridized carbons (Fsp3) is 0.533. The summed E-state index contributed by atoms with van der Waals surface area (Å²) in [6.45, 7) is 2.69. The lowest BCUT2D eigenvalue weighted by molar-refractivity contribution is -0.125. The molecule has 0 saturated heterocycles. The summed E-state index contributed by atoms with van der Waals surface area (Å²) in [4.78, 5) is 12.0. The summed E-state index contributed by atoms with van der Waals surface area (Å²) in [6, 6.07) is 8.83. The van der Waals surface area contributed by atoms with Crippen molar-refractivity contribution in [1.29, 1.82) is 0 Å². The van der Waals surface area contributed by atoms with E-state index in [-0.39, 0.29) is 11.8 Å². The van der Waals surface area contributed by atoms with Gasteiger partial charge in [-0.15, -0.1) is 0 Å². The van der Waals surface area contributed by atoms with Crippen LogP contribution < -0.4 is 10.6 Å². The molecule has 2 rings (SSSR count).